The lowest BCUT2D eigenvalue weighted by atomic mass is 9.80. The van der Waals surface area contributed by atoms with Crippen molar-refractivity contribution in [1.29, 1.82) is 0 Å². The van der Waals surface area contributed by atoms with Gasteiger partial charge >= 0.3 is 0 Å². The number of benzene rings is 1. The Kier molecular flexibility index (Phi) is 5.45. The van der Waals surface area contributed by atoms with Crippen LogP contribution in [0.1, 0.15) is 50.7 Å². The monoisotopic (exact) mass is 259 g/mol. The Morgan fingerprint density at radius 3 is 2.42 bits per heavy atom. The molecule has 0 unspecified atom stereocenters. The van der Waals surface area contributed by atoms with Crippen LogP contribution in [-0.2, 0) is 6.42 Å². The summed E-state index contributed by atoms with van der Waals surface area (Å²) in [4.78, 5) is 0. The normalized spacial score (nSPS) is 23.8. The van der Waals surface area contributed by atoms with Crippen LogP contribution in [0.2, 0.25) is 0 Å². The van der Waals surface area contributed by atoms with Crippen LogP contribution in [0, 0.1) is 18.8 Å². The smallest absolute Gasteiger partial charge is 0.00673 e. The van der Waals surface area contributed by atoms with E-state index in [1.807, 2.05) is 0 Å². The zero-order valence-electron chi connectivity index (χ0n) is 12.8. The molecule has 19 heavy (non-hydrogen) atoms. The van der Waals surface area contributed by atoms with Crippen molar-refractivity contribution in [1.82, 2.24) is 5.32 Å². The average Bonchev–Trinajstić information content (AvgIpc) is 2.41. The number of hydrogen-bond donors (Lipinski definition) is 1. The highest BCUT2D eigenvalue weighted by atomic mass is 14.9. The highest BCUT2D eigenvalue weighted by molar-refractivity contribution is 5.25. The van der Waals surface area contributed by atoms with Crippen molar-refractivity contribution in [2.45, 2.75) is 58.9 Å². The fraction of sp³-hybridized carbons (Fsp3) is 0.667. The lowest BCUT2D eigenvalue weighted by Crippen LogP contribution is -2.35. The molecule has 1 fully saturated rings. The van der Waals surface area contributed by atoms with Gasteiger partial charge in [-0.1, -0.05) is 38.1 Å². The van der Waals surface area contributed by atoms with Crippen LogP contribution in [0.3, 0.4) is 0 Å². The second kappa shape index (κ2) is 7.09. The molecule has 1 aliphatic rings. The SMILES string of the molecule is Cc1ccccc1CCNC1CCC(C(C)C)CC1. The van der Waals surface area contributed by atoms with E-state index in [4.69, 9.17) is 0 Å². The summed E-state index contributed by atoms with van der Waals surface area (Å²) >= 11 is 0. The van der Waals surface area contributed by atoms with Crippen molar-refractivity contribution in [3.05, 3.63) is 35.4 Å². The minimum atomic E-state index is 0.763. The Balaban J connectivity index is 1.69. The number of hydrogen-bond acceptors (Lipinski definition) is 1. The van der Waals surface area contributed by atoms with E-state index in [1.54, 1.807) is 0 Å². The van der Waals surface area contributed by atoms with E-state index in [1.165, 1.54) is 36.8 Å². The topological polar surface area (TPSA) is 12.0 Å². The third-order valence-electron chi connectivity index (χ3n) is 4.80. The van der Waals surface area contributed by atoms with Crippen LogP contribution in [-0.4, -0.2) is 12.6 Å². The summed E-state index contributed by atoms with van der Waals surface area (Å²) in [6.07, 6.45) is 6.74. The zero-order valence-corrected chi connectivity index (χ0v) is 12.8. The molecule has 1 aromatic carbocycles. The van der Waals surface area contributed by atoms with Crippen LogP contribution in [0.4, 0.5) is 0 Å². The molecule has 0 atom stereocenters. The van der Waals surface area contributed by atoms with Crippen molar-refractivity contribution in [2.24, 2.45) is 11.8 Å². The van der Waals surface area contributed by atoms with Crippen molar-refractivity contribution < 1.29 is 0 Å². The van der Waals surface area contributed by atoms with Crippen LogP contribution >= 0.6 is 0 Å². The second-order valence-corrected chi connectivity index (χ2v) is 6.49. The molecule has 106 valence electrons. The largest absolute Gasteiger partial charge is 0.314 e. The average molecular weight is 259 g/mol. The zero-order chi connectivity index (χ0) is 13.7. The molecular formula is C18H29N. The maximum atomic E-state index is 3.76. The number of aryl methyl sites for hydroxylation is 1. The predicted octanol–water partition coefficient (Wildman–Crippen LogP) is 4.34. The molecule has 0 aliphatic heterocycles. The van der Waals surface area contributed by atoms with Crippen LogP contribution in [0.15, 0.2) is 24.3 Å². The van der Waals surface area contributed by atoms with E-state index in [0.29, 0.717) is 0 Å². The maximum Gasteiger partial charge on any atom is 0.00673 e. The molecule has 2 rings (SSSR count). The Labute approximate surface area is 118 Å². The van der Waals surface area contributed by atoms with Crippen molar-refractivity contribution >= 4 is 0 Å². The van der Waals surface area contributed by atoms with E-state index < -0.39 is 0 Å². The first kappa shape index (κ1) is 14.6. The quantitative estimate of drug-likeness (QED) is 0.829. The molecule has 0 heterocycles. The molecule has 0 bridgehead atoms. The Morgan fingerprint density at radius 2 is 1.79 bits per heavy atom. The van der Waals surface area contributed by atoms with Crippen LogP contribution in [0.5, 0.6) is 0 Å². The molecule has 0 radical (unpaired) electrons. The summed E-state index contributed by atoms with van der Waals surface area (Å²) in [5.74, 6) is 1.84. The van der Waals surface area contributed by atoms with Gasteiger partial charge in [-0.3, -0.25) is 0 Å². The van der Waals surface area contributed by atoms with E-state index in [2.05, 4.69) is 50.4 Å². The van der Waals surface area contributed by atoms with E-state index >= 15 is 0 Å². The molecule has 1 aliphatic carbocycles. The fourth-order valence-corrected chi connectivity index (χ4v) is 3.29. The molecular weight excluding hydrogens is 230 g/mol. The van der Waals surface area contributed by atoms with Crippen LogP contribution in [0.25, 0.3) is 0 Å². The standard InChI is InChI=1S/C18H29N/c1-14(2)16-8-10-18(11-9-16)19-13-12-17-7-5-4-6-15(17)3/h4-7,14,16,18-19H,8-13H2,1-3H3. The molecule has 0 spiro atoms. The summed E-state index contributed by atoms with van der Waals surface area (Å²) in [5, 5.41) is 3.76. The van der Waals surface area contributed by atoms with Crippen molar-refractivity contribution in [3.63, 3.8) is 0 Å². The van der Waals surface area contributed by atoms with Crippen molar-refractivity contribution in [2.75, 3.05) is 6.54 Å². The summed E-state index contributed by atoms with van der Waals surface area (Å²) in [7, 11) is 0. The van der Waals surface area contributed by atoms with E-state index in [-0.39, 0.29) is 0 Å². The third-order valence-corrected chi connectivity index (χ3v) is 4.80. The summed E-state index contributed by atoms with van der Waals surface area (Å²) in [6, 6.07) is 9.50. The van der Waals surface area contributed by atoms with Gasteiger partial charge in [-0.2, -0.15) is 0 Å². The molecule has 1 aromatic rings. The Hall–Kier alpha value is -0.820. The van der Waals surface area contributed by atoms with Gasteiger partial charge in [0, 0.05) is 6.04 Å². The van der Waals surface area contributed by atoms with Gasteiger partial charge < -0.3 is 5.32 Å². The fourth-order valence-electron chi connectivity index (χ4n) is 3.29. The van der Waals surface area contributed by atoms with Gasteiger partial charge in [-0.15, -0.1) is 0 Å². The highest BCUT2D eigenvalue weighted by Crippen LogP contribution is 2.29. The first-order valence-corrected chi connectivity index (χ1v) is 7.94. The first-order valence-electron chi connectivity index (χ1n) is 7.94. The Bertz CT molecular complexity index is 375. The lowest BCUT2D eigenvalue weighted by molar-refractivity contribution is 0.239. The second-order valence-electron chi connectivity index (χ2n) is 6.49. The highest BCUT2D eigenvalue weighted by Gasteiger charge is 2.22. The summed E-state index contributed by atoms with van der Waals surface area (Å²) in [6.45, 7) is 8.08. The molecule has 1 heteroatoms. The van der Waals surface area contributed by atoms with E-state index in [9.17, 15) is 0 Å². The first-order chi connectivity index (χ1) is 9.16. The van der Waals surface area contributed by atoms with Gasteiger partial charge in [0.1, 0.15) is 0 Å². The molecule has 0 amide bonds. The van der Waals surface area contributed by atoms with Gasteiger partial charge in [-0.25, -0.2) is 0 Å². The maximum absolute atomic E-state index is 3.76. The molecule has 1 N–H and O–H groups in total. The lowest BCUT2D eigenvalue weighted by Gasteiger charge is -2.31. The minimum Gasteiger partial charge on any atom is -0.314 e. The third kappa shape index (κ3) is 4.35. The molecule has 1 saturated carbocycles. The van der Waals surface area contributed by atoms with Gasteiger partial charge in [0.05, 0.1) is 0 Å². The minimum absolute atomic E-state index is 0.763. The predicted molar refractivity (Wildman–Crippen MR) is 83.5 cm³/mol. The molecule has 0 aromatic heterocycles. The number of nitrogens with one attached hydrogen (secondary N) is 1. The van der Waals surface area contributed by atoms with Gasteiger partial charge in [-0.05, 0) is 68.5 Å². The summed E-state index contributed by atoms with van der Waals surface area (Å²) in [5.41, 5.74) is 2.92. The van der Waals surface area contributed by atoms with E-state index in [0.717, 1.165) is 30.8 Å². The number of rotatable bonds is 5. The Morgan fingerprint density at radius 1 is 1.11 bits per heavy atom. The summed E-state index contributed by atoms with van der Waals surface area (Å²) < 4.78 is 0. The van der Waals surface area contributed by atoms with Gasteiger partial charge in [0.25, 0.3) is 0 Å². The molecule has 0 saturated heterocycles. The van der Waals surface area contributed by atoms with Crippen molar-refractivity contribution in [3.8, 4) is 0 Å². The molecule has 1 nitrogen and oxygen atoms in total. The van der Waals surface area contributed by atoms with Crippen LogP contribution < -0.4 is 5.32 Å². The van der Waals surface area contributed by atoms with Gasteiger partial charge in [0.15, 0.2) is 0 Å². The van der Waals surface area contributed by atoms with Gasteiger partial charge in [0.2, 0.25) is 0 Å².